The molecule has 108 valence electrons. The zero-order chi connectivity index (χ0) is 14.9. The lowest BCUT2D eigenvalue weighted by Crippen LogP contribution is -2.46. The Morgan fingerprint density at radius 3 is 1.89 bits per heavy atom. The Morgan fingerprint density at radius 1 is 1.05 bits per heavy atom. The van der Waals surface area contributed by atoms with E-state index in [-0.39, 0.29) is 16.9 Å². The summed E-state index contributed by atoms with van der Waals surface area (Å²) in [4.78, 5) is 0.210. The van der Waals surface area contributed by atoms with Gasteiger partial charge in [0.1, 0.15) is 0 Å². The molecule has 0 saturated heterocycles. The predicted molar refractivity (Wildman–Crippen MR) is 76.6 cm³/mol. The molecule has 5 heteroatoms. The lowest BCUT2D eigenvalue weighted by Gasteiger charge is -2.24. The van der Waals surface area contributed by atoms with Crippen molar-refractivity contribution in [3.63, 3.8) is 0 Å². The summed E-state index contributed by atoms with van der Waals surface area (Å²) in [5.74, 6) is 0. The fourth-order valence-electron chi connectivity index (χ4n) is 1.59. The SMILES string of the molecule is CC(C)(CO)NS(=O)(=O)c1ccc(C(C)(C)C)cc1. The maximum absolute atomic E-state index is 12.1. The van der Waals surface area contributed by atoms with Crippen LogP contribution in [0.15, 0.2) is 29.2 Å². The molecule has 19 heavy (non-hydrogen) atoms. The van der Waals surface area contributed by atoms with Crippen LogP contribution >= 0.6 is 0 Å². The van der Waals surface area contributed by atoms with Gasteiger partial charge in [0.15, 0.2) is 0 Å². The minimum atomic E-state index is -3.60. The molecule has 0 spiro atoms. The van der Waals surface area contributed by atoms with Gasteiger partial charge in [-0.15, -0.1) is 0 Å². The van der Waals surface area contributed by atoms with Gasteiger partial charge in [-0.05, 0) is 37.0 Å². The summed E-state index contributed by atoms with van der Waals surface area (Å²) in [6.45, 7) is 9.23. The van der Waals surface area contributed by atoms with Crippen molar-refractivity contribution in [2.24, 2.45) is 0 Å². The highest BCUT2D eigenvalue weighted by atomic mass is 32.2. The molecule has 0 aliphatic heterocycles. The number of hydrogen-bond donors (Lipinski definition) is 2. The molecule has 0 atom stereocenters. The molecular formula is C14H23NO3S. The molecular weight excluding hydrogens is 262 g/mol. The Morgan fingerprint density at radius 2 is 1.53 bits per heavy atom. The summed E-state index contributed by atoms with van der Waals surface area (Å²) in [6, 6.07) is 6.83. The smallest absolute Gasteiger partial charge is 0.241 e. The molecule has 0 aliphatic rings. The molecule has 0 amide bonds. The second-order valence-electron chi connectivity index (χ2n) is 6.42. The van der Waals surface area contributed by atoms with E-state index in [1.54, 1.807) is 26.0 Å². The molecule has 0 aromatic heterocycles. The van der Waals surface area contributed by atoms with E-state index in [0.29, 0.717) is 0 Å². The zero-order valence-corrected chi connectivity index (χ0v) is 13.0. The van der Waals surface area contributed by atoms with Crippen molar-refractivity contribution in [2.45, 2.75) is 50.5 Å². The molecule has 0 saturated carbocycles. The summed E-state index contributed by atoms with van der Waals surface area (Å²) in [5.41, 5.74) is 0.189. The number of nitrogens with one attached hydrogen (secondary N) is 1. The van der Waals surface area contributed by atoms with Crippen LogP contribution in [0.1, 0.15) is 40.2 Å². The maximum Gasteiger partial charge on any atom is 0.241 e. The van der Waals surface area contributed by atoms with Crippen LogP contribution in [-0.4, -0.2) is 25.7 Å². The van der Waals surface area contributed by atoms with Gasteiger partial charge < -0.3 is 5.11 Å². The first-order valence-electron chi connectivity index (χ1n) is 6.23. The lowest BCUT2D eigenvalue weighted by molar-refractivity contribution is 0.208. The van der Waals surface area contributed by atoms with Crippen LogP contribution < -0.4 is 4.72 Å². The molecule has 1 aromatic rings. The summed E-state index contributed by atoms with van der Waals surface area (Å²) < 4.78 is 26.8. The van der Waals surface area contributed by atoms with Crippen LogP contribution in [-0.2, 0) is 15.4 Å². The Kier molecular flexibility index (Phi) is 4.44. The standard InChI is InChI=1S/C14H23NO3S/c1-13(2,3)11-6-8-12(9-7-11)19(17,18)15-14(4,5)10-16/h6-9,15-16H,10H2,1-5H3. The van der Waals surface area contributed by atoms with Gasteiger partial charge in [-0.25, -0.2) is 13.1 Å². The first-order valence-corrected chi connectivity index (χ1v) is 7.72. The van der Waals surface area contributed by atoms with Crippen molar-refractivity contribution >= 4 is 10.0 Å². The van der Waals surface area contributed by atoms with Crippen molar-refractivity contribution < 1.29 is 13.5 Å². The van der Waals surface area contributed by atoms with Crippen LogP contribution in [0.4, 0.5) is 0 Å². The summed E-state index contributed by atoms with van der Waals surface area (Å²) in [5, 5.41) is 9.13. The molecule has 4 nitrogen and oxygen atoms in total. The fourth-order valence-corrected chi connectivity index (χ4v) is 2.99. The normalized spacial score (nSPS) is 13.6. The third-order valence-corrected chi connectivity index (χ3v) is 4.55. The minimum Gasteiger partial charge on any atom is -0.394 e. The molecule has 1 rings (SSSR count). The van der Waals surface area contributed by atoms with Crippen LogP contribution in [0.5, 0.6) is 0 Å². The van der Waals surface area contributed by atoms with Gasteiger partial charge in [0.05, 0.1) is 17.0 Å². The van der Waals surface area contributed by atoms with Crippen LogP contribution in [0.25, 0.3) is 0 Å². The van der Waals surface area contributed by atoms with Gasteiger partial charge in [0, 0.05) is 0 Å². The molecule has 0 unspecified atom stereocenters. The molecule has 0 bridgehead atoms. The highest BCUT2D eigenvalue weighted by molar-refractivity contribution is 7.89. The average molecular weight is 285 g/mol. The van der Waals surface area contributed by atoms with E-state index in [1.165, 1.54) is 0 Å². The van der Waals surface area contributed by atoms with E-state index in [1.807, 2.05) is 12.1 Å². The quantitative estimate of drug-likeness (QED) is 0.889. The van der Waals surface area contributed by atoms with E-state index in [0.717, 1.165) is 5.56 Å². The Labute approximate surface area is 115 Å². The summed E-state index contributed by atoms with van der Waals surface area (Å²) in [7, 11) is -3.60. The second kappa shape index (κ2) is 5.23. The monoisotopic (exact) mass is 285 g/mol. The number of aliphatic hydroxyl groups is 1. The summed E-state index contributed by atoms with van der Waals surface area (Å²) in [6.07, 6.45) is 0. The highest BCUT2D eigenvalue weighted by Crippen LogP contribution is 2.23. The molecule has 0 heterocycles. The number of rotatable bonds is 4. The van der Waals surface area contributed by atoms with Gasteiger partial charge in [0.25, 0.3) is 0 Å². The van der Waals surface area contributed by atoms with E-state index in [9.17, 15) is 8.42 Å². The topological polar surface area (TPSA) is 66.4 Å². The summed E-state index contributed by atoms with van der Waals surface area (Å²) >= 11 is 0. The molecule has 0 aliphatic carbocycles. The van der Waals surface area contributed by atoms with Crippen molar-refractivity contribution in [3.8, 4) is 0 Å². The fraction of sp³-hybridized carbons (Fsp3) is 0.571. The number of aliphatic hydroxyl groups excluding tert-OH is 1. The predicted octanol–water partition coefficient (Wildman–Crippen LogP) is 2.03. The average Bonchev–Trinajstić information content (AvgIpc) is 2.27. The van der Waals surface area contributed by atoms with Crippen molar-refractivity contribution in [1.82, 2.24) is 4.72 Å². The Balaban J connectivity index is 3.04. The number of sulfonamides is 1. The largest absolute Gasteiger partial charge is 0.394 e. The van der Waals surface area contributed by atoms with E-state index in [2.05, 4.69) is 25.5 Å². The molecule has 0 radical (unpaired) electrons. The van der Waals surface area contributed by atoms with E-state index < -0.39 is 15.6 Å². The Bertz CT molecular complexity index is 525. The molecule has 1 aromatic carbocycles. The third-order valence-electron chi connectivity index (χ3n) is 2.84. The van der Waals surface area contributed by atoms with Gasteiger partial charge in [0.2, 0.25) is 10.0 Å². The third kappa shape index (κ3) is 4.30. The maximum atomic E-state index is 12.1. The second-order valence-corrected chi connectivity index (χ2v) is 8.10. The van der Waals surface area contributed by atoms with Crippen molar-refractivity contribution in [1.29, 1.82) is 0 Å². The van der Waals surface area contributed by atoms with Gasteiger partial charge >= 0.3 is 0 Å². The first kappa shape index (κ1) is 16.1. The highest BCUT2D eigenvalue weighted by Gasteiger charge is 2.25. The lowest BCUT2D eigenvalue weighted by atomic mass is 9.87. The van der Waals surface area contributed by atoms with Gasteiger partial charge in [-0.2, -0.15) is 0 Å². The minimum absolute atomic E-state index is 0.0138. The van der Waals surface area contributed by atoms with Gasteiger partial charge in [-0.3, -0.25) is 0 Å². The molecule has 0 fully saturated rings. The first-order chi connectivity index (χ1) is 8.48. The molecule has 2 N–H and O–H groups in total. The van der Waals surface area contributed by atoms with Gasteiger partial charge in [-0.1, -0.05) is 32.9 Å². The number of benzene rings is 1. The van der Waals surface area contributed by atoms with Crippen LogP contribution in [0.2, 0.25) is 0 Å². The number of hydrogen-bond acceptors (Lipinski definition) is 3. The Hall–Kier alpha value is -0.910. The van der Waals surface area contributed by atoms with Crippen LogP contribution in [0, 0.1) is 0 Å². The van der Waals surface area contributed by atoms with Crippen molar-refractivity contribution in [2.75, 3.05) is 6.61 Å². The van der Waals surface area contributed by atoms with E-state index in [4.69, 9.17) is 5.11 Å². The van der Waals surface area contributed by atoms with Crippen molar-refractivity contribution in [3.05, 3.63) is 29.8 Å². The van der Waals surface area contributed by atoms with Crippen LogP contribution in [0.3, 0.4) is 0 Å². The zero-order valence-electron chi connectivity index (χ0n) is 12.2. The van der Waals surface area contributed by atoms with E-state index >= 15 is 0 Å².